The van der Waals surface area contributed by atoms with Crippen molar-refractivity contribution >= 4 is 29.4 Å². The maximum atomic E-state index is 10.9. The standard InChI is InChI=1S/C20H20O2S/c1-14(12-15-5-7-16(8-6-15)20(21)22)17-9-10-19-18(13-17)4-2-3-11-23-19/h5-10,12-13H,2-4,11H2,1H3,(H,21,22). The molecule has 0 bridgehead atoms. The zero-order valence-corrected chi connectivity index (χ0v) is 14.0. The van der Waals surface area contributed by atoms with Crippen LogP contribution < -0.4 is 0 Å². The van der Waals surface area contributed by atoms with Gasteiger partial charge in [-0.15, -0.1) is 11.8 Å². The van der Waals surface area contributed by atoms with E-state index in [1.807, 2.05) is 23.9 Å². The number of rotatable bonds is 3. The van der Waals surface area contributed by atoms with Gasteiger partial charge in [0.25, 0.3) is 0 Å². The molecule has 0 amide bonds. The summed E-state index contributed by atoms with van der Waals surface area (Å²) in [6.07, 6.45) is 5.83. The van der Waals surface area contributed by atoms with Gasteiger partial charge in [0.15, 0.2) is 0 Å². The molecule has 23 heavy (non-hydrogen) atoms. The van der Waals surface area contributed by atoms with E-state index in [0.717, 1.165) is 12.0 Å². The number of hydrogen-bond donors (Lipinski definition) is 1. The average Bonchev–Trinajstić information content (AvgIpc) is 2.79. The number of benzene rings is 2. The van der Waals surface area contributed by atoms with Gasteiger partial charge in [0, 0.05) is 4.90 Å². The lowest BCUT2D eigenvalue weighted by atomic mass is 9.99. The maximum absolute atomic E-state index is 10.9. The van der Waals surface area contributed by atoms with Gasteiger partial charge in [-0.3, -0.25) is 0 Å². The Hall–Kier alpha value is -2.00. The minimum Gasteiger partial charge on any atom is -0.478 e. The molecule has 0 atom stereocenters. The topological polar surface area (TPSA) is 37.3 Å². The van der Waals surface area contributed by atoms with Crippen LogP contribution in [0.25, 0.3) is 11.6 Å². The largest absolute Gasteiger partial charge is 0.478 e. The number of aromatic carboxylic acids is 1. The average molecular weight is 324 g/mol. The number of fused-ring (bicyclic) bond motifs is 1. The van der Waals surface area contributed by atoms with Gasteiger partial charge in [-0.1, -0.05) is 30.3 Å². The highest BCUT2D eigenvalue weighted by atomic mass is 32.2. The molecular formula is C20H20O2S. The Morgan fingerprint density at radius 3 is 2.57 bits per heavy atom. The van der Waals surface area contributed by atoms with Gasteiger partial charge in [-0.25, -0.2) is 4.79 Å². The predicted octanol–water partition coefficient (Wildman–Crippen LogP) is 5.37. The molecule has 0 radical (unpaired) electrons. The van der Waals surface area contributed by atoms with Crippen molar-refractivity contribution in [3.05, 3.63) is 64.7 Å². The number of aryl methyl sites for hydroxylation is 1. The molecule has 2 aromatic carbocycles. The Kier molecular flexibility index (Phi) is 4.87. The summed E-state index contributed by atoms with van der Waals surface area (Å²) in [5.41, 5.74) is 5.25. The molecule has 0 unspecified atom stereocenters. The molecule has 118 valence electrons. The molecule has 0 spiro atoms. The van der Waals surface area contributed by atoms with Crippen LogP contribution in [0.5, 0.6) is 0 Å². The van der Waals surface area contributed by atoms with Crippen LogP contribution >= 0.6 is 11.8 Å². The van der Waals surface area contributed by atoms with Gasteiger partial charge in [0.2, 0.25) is 0 Å². The van der Waals surface area contributed by atoms with Crippen molar-refractivity contribution in [2.75, 3.05) is 5.75 Å². The first-order chi connectivity index (χ1) is 11.1. The molecule has 1 heterocycles. The number of carboxylic acid groups (broad SMARTS) is 1. The van der Waals surface area contributed by atoms with Crippen LogP contribution in [0.15, 0.2) is 47.4 Å². The first-order valence-electron chi connectivity index (χ1n) is 7.91. The number of carboxylic acids is 1. The molecule has 0 saturated carbocycles. The molecule has 1 N–H and O–H groups in total. The van der Waals surface area contributed by atoms with Crippen LogP contribution in [0.1, 0.15) is 46.8 Å². The maximum Gasteiger partial charge on any atom is 0.335 e. The van der Waals surface area contributed by atoms with Crippen LogP contribution in [0.2, 0.25) is 0 Å². The normalized spacial score (nSPS) is 14.9. The SMILES string of the molecule is CC(=Cc1ccc(C(=O)O)cc1)c1ccc2c(c1)CCCCS2. The Morgan fingerprint density at radius 2 is 1.83 bits per heavy atom. The molecule has 0 saturated heterocycles. The van der Waals surface area contributed by atoms with Gasteiger partial charge >= 0.3 is 5.97 Å². The number of allylic oxidation sites excluding steroid dienone is 1. The van der Waals surface area contributed by atoms with Gasteiger partial charge < -0.3 is 5.11 Å². The van der Waals surface area contributed by atoms with Crippen molar-refractivity contribution in [2.24, 2.45) is 0 Å². The van der Waals surface area contributed by atoms with E-state index in [9.17, 15) is 4.79 Å². The fourth-order valence-corrected chi connectivity index (χ4v) is 3.89. The highest BCUT2D eigenvalue weighted by Crippen LogP contribution is 2.31. The van der Waals surface area contributed by atoms with E-state index >= 15 is 0 Å². The van der Waals surface area contributed by atoms with Gasteiger partial charge in [-0.2, -0.15) is 0 Å². The Labute approximate surface area is 141 Å². The molecule has 0 aromatic heterocycles. The summed E-state index contributed by atoms with van der Waals surface area (Å²) < 4.78 is 0. The summed E-state index contributed by atoms with van der Waals surface area (Å²) in [5, 5.41) is 8.95. The van der Waals surface area contributed by atoms with E-state index in [4.69, 9.17) is 5.11 Å². The Balaban J connectivity index is 1.85. The third kappa shape index (κ3) is 3.85. The monoisotopic (exact) mass is 324 g/mol. The molecule has 1 aliphatic rings. The Morgan fingerprint density at radius 1 is 1.09 bits per heavy atom. The van der Waals surface area contributed by atoms with E-state index in [1.165, 1.54) is 40.2 Å². The van der Waals surface area contributed by atoms with Crippen LogP contribution in [-0.4, -0.2) is 16.8 Å². The lowest BCUT2D eigenvalue weighted by Crippen LogP contribution is -1.95. The third-order valence-electron chi connectivity index (χ3n) is 4.15. The van der Waals surface area contributed by atoms with Gasteiger partial charge in [0.05, 0.1) is 5.56 Å². The van der Waals surface area contributed by atoms with E-state index in [-0.39, 0.29) is 0 Å². The molecule has 2 nitrogen and oxygen atoms in total. The second-order valence-electron chi connectivity index (χ2n) is 5.88. The van der Waals surface area contributed by atoms with Crippen molar-refractivity contribution < 1.29 is 9.90 Å². The van der Waals surface area contributed by atoms with E-state index in [2.05, 4.69) is 31.2 Å². The zero-order valence-electron chi connectivity index (χ0n) is 13.2. The molecule has 1 aliphatic heterocycles. The van der Waals surface area contributed by atoms with E-state index in [0.29, 0.717) is 5.56 Å². The van der Waals surface area contributed by atoms with Crippen molar-refractivity contribution in [3.8, 4) is 0 Å². The fourth-order valence-electron chi connectivity index (χ4n) is 2.82. The lowest BCUT2D eigenvalue weighted by molar-refractivity contribution is 0.0697. The van der Waals surface area contributed by atoms with Crippen LogP contribution in [-0.2, 0) is 6.42 Å². The molecule has 3 heteroatoms. The van der Waals surface area contributed by atoms with Gasteiger partial charge in [0.1, 0.15) is 0 Å². The second kappa shape index (κ2) is 7.05. The molecule has 0 aliphatic carbocycles. The van der Waals surface area contributed by atoms with Crippen molar-refractivity contribution in [1.29, 1.82) is 0 Å². The summed E-state index contributed by atoms with van der Waals surface area (Å²) in [4.78, 5) is 12.3. The van der Waals surface area contributed by atoms with Crippen LogP contribution in [0, 0.1) is 0 Å². The van der Waals surface area contributed by atoms with Crippen molar-refractivity contribution in [1.82, 2.24) is 0 Å². The van der Waals surface area contributed by atoms with Gasteiger partial charge in [-0.05, 0) is 72.4 Å². The van der Waals surface area contributed by atoms with Crippen molar-refractivity contribution in [3.63, 3.8) is 0 Å². The minimum absolute atomic E-state index is 0.321. The molecule has 0 fully saturated rings. The summed E-state index contributed by atoms with van der Waals surface area (Å²) >= 11 is 1.96. The zero-order chi connectivity index (χ0) is 16.2. The first-order valence-corrected chi connectivity index (χ1v) is 8.90. The number of hydrogen-bond acceptors (Lipinski definition) is 2. The Bertz CT molecular complexity index is 745. The summed E-state index contributed by atoms with van der Waals surface area (Å²) in [5.74, 6) is 0.331. The quantitative estimate of drug-likeness (QED) is 0.771. The van der Waals surface area contributed by atoms with Crippen LogP contribution in [0.4, 0.5) is 0 Å². The highest BCUT2D eigenvalue weighted by molar-refractivity contribution is 7.99. The highest BCUT2D eigenvalue weighted by Gasteiger charge is 2.09. The van der Waals surface area contributed by atoms with Crippen LogP contribution in [0.3, 0.4) is 0 Å². The number of thioether (sulfide) groups is 1. The molecular weight excluding hydrogens is 304 g/mol. The predicted molar refractivity (Wildman–Crippen MR) is 97.1 cm³/mol. The van der Waals surface area contributed by atoms with E-state index < -0.39 is 5.97 Å². The smallest absolute Gasteiger partial charge is 0.335 e. The minimum atomic E-state index is -0.888. The summed E-state index contributed by atoms with van der Waals surface area (Å²) in [6.45, 7) is 2.11. The molecule has 3 rings (SSSR count). The van der Waals surface area contributed by atoms with E-state index in [1.54, 1.807) is 12.1 Å². The van der Waals surface area contributed by atoms with Crippen molar-refractivity contribution in [2.45, 2.75) is 31.1 Å². The number of carbonyl (C=O) groups is 1. The lowest BCUT2D eigenvalue weighted by Gasteiger charge is -2.09. The summed E-state index contributed by atoms with van der Waals surface area (Å²) in [6, 6.07) is 13.7. The first kappa shape index (κ1) is 15.9. The molecule has 2 aromatic rings. The third-order valence-corrected chi connectivity index (χ3v) is 5.36. The summed E-state index contributed by atoms with van der Waals surface area (Å²) in [7, 11) is 0. The second-order valence-corrected chi connectivity index (χ2v) is 7.02. The fraction of sp³-hybridized carbons (Fsp3) is 0.250.